The van der Waals surface area contributed by atoms with Gasteiger partial charge in [0.05, 0.1) is 16.9 Å². The van der Waals surface area contributed by atoms with Gasteiger partial charge in [0.1, 0.15) is 12.4 Å². The molecule has 0 aromatic heterocycles. The van der Waals surface area contributed by atoms with Crippen LogP contribution in [-0.4, -0.2) is 28.4 Å². The van der Waals surface area contributed by atoms with Gasteiger partial charge in [-0.05, 0) is 59.2 Å². The van der Waals surface area contributed by atoms with Crippen LogP contribution in [0.15, 0.2) is 77.7 Å². The summed E-state index contributed by atoms with van der Waals surface area (Å²) in [5, 5.41) is 2.73. The predicted octanol–water partition coefficient (Wildman–Crippen LogP) is 4.78. The van der Waals surface area contributed by atoms with Gasteiger partial charge in [0.15, 0.2) is 4.90 Å². The second-order valence-electron chi connectivity index (χ2n) is 7.04. The molecule has 3 rings (SSSR count). The zero-order valence-electron chi connectivity index (χ0n) is 17.0. The van der Waals surface area contributed by atoms with Crippen LogP contribution in [0.25, 0.3) is 11.1 Å². The third-order valence-corrected chi connectivity index (χ3v) is 6.00. The van der Waals surface area contributed by atoms with Crippen molar-refractivity contribution in [1.82, 2.24) is 9.62 Å². The number of carbonyl (C=O) groups excluding carboxylic acids is 1. The smallest absolute Gasteiger partial charge is 0.416 e. The van der Waals surface area contributed by atoms with Gasteiger partial charge in [-0.15, -0.1) is 4.31 Å². The van der Waals surface area contributed by atoms with Crippen LogP contribution in [0.1, 0.15) is 11.1 Å². The molecule has 1 atom stereocenters. The Bertz CT molecular complexity index is 1060. The van der Waals surface area contributed by atoms with Crippen molar-refractivity contribution in [3.63, 3.8) is 0 Å². The molecule has 0 spiro atoms. The van der Waals surface area contributed by atoms with E-state index in [0.29, 0.717) is 10.5 Å². The molecule has 0 radical (unpaired) electrons. The van der Waals surface area contributed by atoms with Gasteiger partial charge in [0.2, 0.25) is 5.91 Å². The second kappa shape index (κ2) is 10.2. The molecular weight excluding hydrogens is 444 g/mol. The van der Waals surface area contributed by atoms with E-state index in [0.717, 1.165) is 23.3 Å². The van der Waals surface area contributed by atoms with E-state index in [9.17, 15) is 26.9 Å². The lowest BCUT2D eigenvalue weighted by Gasteiger charge is -2.19. The van der Waals surface area contributed by atoms with E-state index in [2.05, 4.69) is 5.32 Å². The number of carbonyl (C=O) groups is 1. The summed E-state index contributed by atoms with van der Waals surface area (Å²) in [5.41, 5.74) is 1.39. The van der Waals surface area contributed by atoms with Crippen LogP contribution in [0, 0.1) is 5.82 Å². The van der Waals surface area contributed by atoms with Gasteiger partial charge in [-0.25, -0.2) is 4.39 Å². The first-order valence-electron chi connectivity index (χ1n) is 9.55. The number of halogens is 4. The molecule has 0 saturated carbocycles. The average molecular weight is 464 g/mol. The van der Waals surface area contributed by atoms with Crippen molar-refractivity contribution in [2.45, 2.75) is 17.6 Å². The molecule has 32 heavy (non-hydrogen) atoms. The van der Waals surface area contributed by atoms with Crippen molar-refractivity contribution < 1.29 is 26.9 Å². The molecule has 1 unspecified atom stereocenters. The monoisotopic (exact) mass is 464 g/mol. The molecule has 4 nitrogen and oxygen atoms in total. The van der Waals surface area contributed by atoms with Gasteiger partial charge in [-0.2, -0.15) is 13.2 Å². The Balaban J connectivity index is 1.57. The van der Waals surface area contributed by atoms with Crippen LogP contribution < -0.4 is 5.32 Å². The van der Waals surface area contributed by atoms with E-state index in [-0.39, 0.29) is 19.0 Å². The predicted molar refractivity (Wildman–Crippen MR) is 114 cm³/mol. The van der Waals surface area contributed by atoms with E-state index >= 15 is 0 Å². The van der Waals surface area contributed by atoms with Crippen LogP contribution in [0.5, 0.6) is 0 Å². The third-order valence-electron chi connectivity index (χ3n) is 4.63. The minimum absolute atomic E-state index is 0.136. The lowest BCUT2D eigenvalue weighted by molar-refractivity contribution is -0.137. The number of benzene rings is 3. The molecule has 0 heterocycles. The van der Waals surface area contributed by atoms with Crippen molar-refractivity contribution in [3.05, 3.63) is 89.7 Å². The summed E-state index contributed by atoms with van der Waals surface area (Å²) in [6, 6.07) is 17.1. The van der Waals surface area contributed by atoms with Crippen molar-refractivity contribution in [2.24, 2.45) is 0 Å². The summed E-state index contributed by atoms with van der Waals surface area (Å²) in [6.45, 7) is 0.0624. The number of alkyl halides is 3. The Kier molecular flexibility index (Phi) is 7.55. The van der Waals surface area contributed by atoms with Gasteiger partial charge in [0, 0.05) is 13.6 Å². The highest BCUT2D eigenvalue weighted by Gasteiger charge is 2.30. The van der Waals surface area contributed by atoms with Crippen LogP contribution >= 0.6 is 0 Å². The molecule has 3 aromatic rings. The van der Waals surface area contributed by atoms with Crippen LogP contribution in [-0.2, 0) is 28.9 Å². The summed E-state index contributed by atoms with van der Waals surface area (Å²) >= 11 is -1.62. The molecule has 0 aliphatic rings. The molecule has 0 aliphatic heterocycles. The fraction of sp³-hybridized carbons (Fsp3) is 0.174. The van der Waals surface area contributed by atoms with Gasteiger partial charge in [-0.3, -0.25) is 4.79 Å². The number of amides is 1. The fourth-order valence-corrected chi connectivity index (χ4v) is 3.92. The number of nitrogens with zero attached hydrogens (tertiary/aromatic N) is 1. The fourth-order valence-electron chi connectivity index (χ4n) is 2.96. The molecule has 1 amide bonds. The maximum atomic E-state index is 13.0. The van der Waals surface area contributed by atoms with E-state index < -0.39 is 28.9 Å². The lowest BCUT2D eigenvalue weighted by Crippen LogP contribution is -2.38. The normalized spacial score (nSPS) is 12.6. The third kappa shape index (κ3) is 6.32. The first-order valence-corrected chi connectivity index (χ1v) is 10.7. The number of hydrogen-bond donors (Lipinski definition) is 1. The minimum Gasteiger partial charge on any atom is -0.593 e. The average Bonchev–Trinajstić information content (AvgIpc) is 2.77. The van der Waals surface area contributed by atoms with Crippen LogP contribution in [0.2, 0.25) is 0 Å². The van der Waals surface area contributed by atoms with E-state index in [1.54, 1.807) is 24.3 Å². The maximum absolute atomic E-state index is 13.0. The maximum Gasteiger partial charge on any atom is 0.416 e. The number of likely N-dealkylation sites (N-methyl/N-ethyl adjacent to an activating group) is 1. The molecule has 0 fully saturated rings. The van der Waals surface area contributed by atoms with Crippen molar-refractivity contribution in [1.29, 1.82) is 0 Å². The summed E-state index contributed by atoms with van der Waals surface area (Å²) < 4.78 is 65.0. The molecule has 1 N–H and O–H groups in total. The Morgan fingerprint density at radius 1 is 1.00 bits per heavy atom. The van der Waals surface area contributed by atoms with Crippen LogP contribution in [0.3, 0.4) is 0 Å². The highest BCUT2D eigenvalue weighted by Crippen LogP contribution is 2.31. The number of hydrogen-bond acceptors (Lipinski definition) is 3. The SMILES string of the molecule is CN(CC(=O)NCc1cccc(-c2ccc(C(F)(F)F)cc2)c1)[S+]([O-])c1ccc(F)cc1. The van der Waals surface area contributed by atoms with Crippen molar-refractivity contribution >= 4 is 17.3 Å². The molecule has 0 bridgehead atoms. The van der Waals surface area contributed by atoms with Gasteiger partial charge in [-0.1, -0.05) is 30.3 Å². The van der Waals surface area contributed by atoms with E-state index in [1.807, 2.05) is 0 Å². The minimum atomic E-state index is -4.39. The lowest BCUT2D eigenvalue weighted by atomic mass is 10.0. The molecule has 0 saturated heterocycles. The first kappa shape index (κ1) is 23.8. The van der Waals surface area contributed by atoms with E-state index in [1.165, 1.54) is 47.8 Å². The molecule has 3 aromatic carbocycles. The first-order chi connectivity index (χ1) is 15.1. The number of rotatable bonds is 7. The standard InChI is InChI=1S/C23H20F4N2O2S/c1-29(32(31)21-11-9-20(24)10-12-21)15-22(30)28-14-16-3-2-4-18(13-16)17-5-7-19(8-6-17)23(25,26)27/h2-13H,14-15H2,1H3,(H,28,30). The van der Waals surface area contributed by atoms with Gasteiger partial charge >= 0.3 is 6.18 Å². The molecule has 168 valence electrons. The van der Waals surface area contributed by atoms with Gasteiger partial charge in [0.25, 0.3) is 0 Å². The highest BCUT2D eigenvalue weighted by molar-refractivity contribution is 7.89. The largest absolute Gasteiger partial charge is 0.593 e. The molecular formula is C23H20F4N2O2S. The summed E-state index contributed by atoms with van der Waals surface area (Å²) in [7, 11) is 1.52. The van der Waals surface area contributed by atoms with Gasteiger partial charge < -0.3 is 9.87 Å². The Labute approximate surface area is 186 Å². The van der Waals surface area contributed by atoms with Crippen molar-refractivity contribution in [3.8, 4) is 11.1 Å². The Hall–Kier alpha value is -2.88. The Morgan fingerprint density at radius 3 is 2.28 bits per heavy atom. The molecule has 9 heteroatoms. The zero-order valence-corrected chi connectivity index (χ0v) is 17.8. The Morgan fingerprint density at radius 2 is 1.66 bits per heavy atom. The summed E-state index contributed by atoms with van der Waals surface area (Å²) in [5.74, 6) is -0.799. The van der Waals surface area contributed by atoms with E-state index in [4.69, 9.17) is 0 Å². The summed E-state index contributed by atoms with van der Waals surface area (Å²) in [6.07, 6.45) is -4.39. The zero-order chi connectivity index (χ0) is 23.3. The second-order valence-corrected chi connectivity index (χ2v) is 8.63. The summed E-state index contributed by atoms with van der Waals surface area (Å²) in [4.78, 5) is 12.6. The van der Waals surface area contributed by atoms with Crippen molar-refractivity contribution in [2.75, 3.05) is 13.6 Å². The van der Waals surface area contributed by atoms with Crippen LogP contribution in [0.4, 0.5) is 17.6 Å². The quantitative estimate of drug-likeness (QED) is 0.404. The number of nitrogens with one attached hydrogen (secondary N) is 1. The highest BCUT2D eigenvalue weighted by atomic mass is 32.2. The molecule has 0 aliphatic carbocycles. The topological polar surface area (TPSA) is 55.4 Å².